The Morgan fingerprint density at radius 2 is 2.10 bits per heavy atom. The number of amides is 1. The second-order valence-electron chi connectivity index (χ2n) is 8.69. The van der Waals surface area contributed by atoms with Crippen LogP contribution in [0.4, 0.5) is 0 Å². The highest BCUT2D eigenvalue weighted by atomic mass is 16.4. The first-order chi connectivity index (χ1) is 14.0. The van der Waals surface area contributed by atoms with Gasteiger partial charge >= 0.3 is 5.76 Å². The van der Waals surface area contributed by atoms with E-state index in [9.17, 15) is 14.7 Å². The maximum absolute atomic E-state index is 13.1. The molecule has 4 rings (SSSR count). The van der Waals surface area contributed by atoms with Crippen LogP contribution in [0.5, 0.6) is 0 Å². The van der Waals surface area contributed by atoms with Crippen molar-refractivity contribution in [3.8, 4) is 0 Å². The molecule has 7 heteroatoms. The minimum atomic E-state index is -0.481. The summed E-state index contributed by atoms with van der Waals surface area (Å²) in [6.45, 7) is 2.44. The Balaban J connectivity index is 1.47. The molecule has 2 heterocycles. The largest absolute Gasteiger partial charge is 0.417 e. The van der Waals surface area contributed by atoms with Gasteiger partial charge in [-0.2, -0.15) is 0 Å². The molecule has 2 aromatic rings. The molecule has 2 N–H and O–H groups in total. The molecule has 1 aliphatic carbocycles. The average molecular weight is 402 g/mol. The summed E-state index contributed by atoms with van der Waals surface area (Å²) < 4.78 is 5.04. The number of aliphatic hydroxyl groups is 1. The first-order valence-corrected chi connectivity index (χ1v) is 10.8. The van der Waals surface area contributed by atoms with Gasteiger partial charge in [0.1, 0.15) is 0 Å². The first kappa shape index (κ1) is 20.2. The molecule has 0 bridgehead atoms. The molecular formula is C22H31N3O4. The van der Waals surface area contributed by atoms with E-state index in [4.69, 9.17) is 4.42 Å². The Morgan fingerprint density at radius 1 is 1.31 bits per heavy atom. The Labute approximate surface area is 170 Å². The number of carbonyl (C=O) groups excluding carboxylic acids is 1. The summed E-state index contributed by atoms with van der Waals surface area (Å²) in [6, 6.07) is 5.57. The van der Waals surface area contributed by atoms with Gasteiger partial charge in [-0.15, -0.1) is 0 Å². The standard InChI is InChI=1S/C22H31N3O4/c1-24(21(27)12-15-7-8-20-18(11-15)23-22(28)29-20)19(16-5-3-2-4-6-16)14-25-10-9-17(26)13-25/h7-8,11,16-17,19,26H,2-6,9-10,12-14H2,1H3,(H,23,28)/t17-,19+/m0/s1. The third-order valence-electron chi connectivity index (χ3n) is 6.62. The molecule has 1 aromatic heterocycles. The number of likely N-dealkylation sites (tertiary alicyclic amines) is 1. The first-order valence-electron chi connectivity index (χ1n) is 10.8. The minimum absolute atomic E-state index is 0.0884. The van der Waals surface area contributed by atoms with Gasteiger partial charge in [-0.25, -0.2) is 4.79 Å². The van der Waals surface area contributed by atoms with Crippen molar-refractivity contribution in [3.63, 3.8) is 0 Å². The molecule has 1 aliphatic heterocycles. The molecule has 1 aromatic carbocycles. The summed E-state index contributed by atoms with van der Waals surface area (Å²) in [4.78, 5) is 31.4. The van der Waals surface area contributed by atoms with Crippen molar-refractivity contribution in [1.82, 2.24) is 14.8 Å². The topological polar surface area (TPSA) is 89.8 Å². The quantitative estimate of drug-likeness (QED) is 0.774. The van der Waals surface area contributed by atoms with Crippen molar-refractivity contribution in [2.75, 3.05) is 26.7 Å². The van der Waals surface area contributed by atoms with Crippen molar-refractivity contribution in [2.24, 2.45) is 5.92 Å². The maximum atomic E-state index is 13.1. The Bertz CT molecular complexity index is 899. The number of H-pyrrole nitrogens is 1. The van der Waals surface area contributed by atoms with E-state index in [2.05, 4.69) is 9.88 Å². The average Bonchev–Trinajstić information content (AvgIpc) is 3.30. The Hall–Kier alpha value is -2.12. The highest BCUT2D eigenvalue weighted by Gasteiger charge is 2.33. The van der Waals surface area contributed by atoms with Crippen LogP contribution in [0.3, 0.4) is 0 Å². The molecule has 2 atom stereocenters. The van der Waals surface area contributed by atoms with Crippen LogP contribution >= 0.6 is 0 Å². The number of aromatic amines is 1. The molecule has 1 saturated carbocycles. The fourth-order valence-electron chi connectivity index (χ4n) is 4.94. The van der Waals surface area contributed by atoms with Crippen molar-refractivity contribution in [2.45, 2.75) is 57.1 Å². The number of likely N-dealkylation sites (N-methyl/N-ethyl adjacent to an activating group) is 1. The second kappa shape index (κ2) is 8.71. The molecule has 158 valence electrons. The molecular weight excluding hydrogens is 370 g/mol. The molecule has 2 fully saturated rings. The number of aliphatic hydroxyl groups excluding tert-OH is 1. The molecule has 1 saturated heterocycles. The van der Waals surface area contributed by atoms with E-state index in [1.54, 1.807) is 6.07 Å². The second-order valence-corrected chi connectivity index (χ2v) is 8.69. The van der Waals surface area contributed by atoms with Gasteiger partial charge in [0.15, 0.2) is 5.58 Å². The van der Waals surface area contributed by atoms with Gasteiger partial charge in [0.05, 0.1) is 18.0 Å². The molecule has 1 amide bonds. The van der Waals surface area contributed by atoms with Gasteiger partial charge in [0, 0.05) is 32.7 Å². The highest BCUT2D eigenvalue weighted by Crippen LogP contribution is 2.30. The van der Waals surface area contributed by atoms with Gasteiger partial charge in [-0.3, -0.25) is 14.7 Å². The maximum Gasteiger partial charge on any atom is 0.417 e. The van der Waals surface area contributed by atoms with Crippen LogP contribution in [0.2, 0.25) is 0 Å². The van der Waals surface area contributed by atoms with Crippen LogP contribution in [0.15, 0.2) is 27.4 Å². The van der Waals surface area contributed by atoms with E-state index in [1.165, 1.54) is 32.1 Å². The zero-order valence-electron chi connectivity index (χ0n) is 17.1. The minimum Gasteiger partial charge on any atom is -0.408 e. The third kappa shape index (κ3) is 4.73. The number of rotatable bonds is 6. The predicted octanol–water partition coefficient (Wildman–Crippen LogP) is 2.14. The summed E-state index contributed by atoms with van der Waals surface area (Å²) in [5.74, 6) is 0.124. The van der Waals surface area contributed by atoms with Gasteiger partial charge in [-0.05, 0) is 42.9 Å². The molecule has 0 unspecified atom stereocenters. The Kier molecular flexibility index (Phi) is 6.06. The van der Waals surface area contributed by atoms with Crippen LogP contribution in [0.1, 0.15) is 44.1 Å². The lowest BCUT2D eigenvalue weighted by molar-refractivity contribution is -0.133. The lowest BCUT2D eigenvalue weighted by atomic mass is 9.83. The van der Waals surface area contributed by atoms with Crippen LogP contribution < -0.4 is 5.76 Å². The number of benzene rings is 1. The number of carbonyl (C=O) groups is 1. The van der Waals surface area contributed by atoms with Crippen LogP contribution in [-0.2, 0) is 11.2 Å². The number of fused-ring (bicyclic) bond motifs is 1. The van der Waals surface area contributed by atoms with E-state index in [0.717, 1.165) is 25.1 Å². The lowest BCUT2D eigenvalue weighted by Gasteiger charge is -2.39. The normalized spacial score (nSPS) is 22.2. The summed E-state index contributed by atoms with van der Waals surface area (Å²) >= 11 is 0. The number of aromatic nitrogens is 1. The number of oxazole rings is 1. The molecule has 0 radical (unpaired) electrons. The summed E-state index contributed by atoms with van der Waals surface area (Å²) in [6.07, 6.45) is 6.95. The summed E-state index contributed by atoms with van der Waals surface area (Å²) in [7, 11) is 1.92. The fraction of sp³-hybridized carbons (Fsp3) is 0.636. The summed E-state index contributed by atoms with van der Waals surface area (Å²) in [5.41, 5.74) is 2.00. The van der Waals surface area contributed by atoms with Crippen LogP contribution in [-0.4, -0.2) is 64.6 Å². The van der Waals surface area contributed by atoms with Crippen molar-refractivity contribution in [3.05, 3.63) is 34.3 Å². The predicted molar refractivity (Wildman–Crippen MR) is 111 cm³/mol. The molecule has 7 nitrogen and oxygen atoms in total. The SMILES string of the molecule is CN(C(=O)Cc1ccc2oc(=O)[nH]c2c1)[C@H](CN1CC[C@H](O)C1)C1CCCCC1. The Morgan fingerprint density at radius 3 is 2.83 bits per heavy atom. The number of nitrogens with zero attached hydrogens (tertiary/aromatic N) is 2. The van der Waals surface area contributed by atoms with Gasteiger partial charge < -0.3 is 14.4 Å². The van der Waals surface area contributed by atoms with Crippen molar-refractivity contribution < 1.29 is 14.3 Å². The number of nitrogens with one attached hydrogen (secondary N) is 1. The van der Waals surface area contributed by atoms with Gasteiger partial charge in [0.2, 0.25) is 5.91 Å². The smallest absolute Gasteiger partial charge is 0.408 e. The van der Waals surface area contributed by atoms with E-state index in [0.29, 0.717) is 30.0 Å². The number of hydrogen-bond donors (Lipinski definition) is 2. The van der Waals surface area contributed by atoms with E-state index in [1.807, 2.05) is 24.1 Å². The van der Waals surface area contributed by atoms with E-state index in [-0.39, 0.29) is 18.1 Å². The van der Waals surface area contributed by atoms with E-state index < -0.39 is 5.76 Å². The monoisotopic (exact) mass is 401 g/mol. The van der Waals surface area contributed by atoms with E-state index >= 15 is 0 Å². The molecule has 0 spiro atoms. The van der Waals surface area contributed by atoms with Crippen molar-refractivity contribution in [1.29, 1.82) is 0 Å². The fourth-order valence-corrected chi connectivity index (χ4v) is 4.94. The molecule has 29 heavy (non-hydrogen) atoms. The van der Waals surface area contributed by atoms with Gasteiger partial charge in [-0.1, -0.05) is 25.3 Å². The van der Waals surface area contributed by atoms with Crippen LogP contribution in [0, 0.1) is 5.92 Å². The molecule has 2 aliphatic rings. The van der Waals surface area contributed by atoms with Gasteiger partial charge in [0.25, 0.3) is 0 Å². The highest BCUT2D eigenvalue weighted by molar-refractivity contribution is 5.81. The summed E-state index contributed by atoms with van der Waals surface area (Å²) in [5, 5.41) is 9.90. The zero-order chi connectivity index (χ0) is 20.4. The number of β-amino-alcohol motifs (C(OH)–C–C–N with tert-alkyl or cyclic N) is 1. The van der Waals surface area contributed by atoms with Crippen LogP contribution in [0.25, 0.3) is 11.1 Å². The zero-order valence-corrected chi connectivity index (χ0v) is 17.1. The van der Waals surface area contributed by atoms with Crippen molar-refractivity contribution >= 4 is 17.0 Å². The number of hydrogen-bond acceptors (Lipinski definition) is 5. The lowest BCUT2D eigenvalue weighted by Crippen LogP contribution is -2.49. The third-order valence-corrected chi connectivity index (χ3v) is 6.62.